The molecule has 5 rings (SSSR count). The van der Waals surface area contributed by atoms with E-state index in [9.17, 15) is 40.5 Å². The molecule has 3 aromatic rings. The molecule has 0 spiro atoms. The molecule has 2 saturated heterocycles. The summed E-state index contributed by atoms with van der Waals surface area (Å²) in [4.78, 5) is 13.2. The number of methoxy groups -OCH3 is 2. The van der Waals surface area contributed by atoms with Gasteiger partial charge in [-0.25, -0.2) is 0 Å². The molecular formula is C29H34O15. The summed E-state index contributed by atoms with van der Waals surface area (Å²) in [6.07, 6.45) is -15.8. The van der Waals surface area contributed by atoms with Crippen LogP contribution in [-0.4, -0.2) is 118 Å². The van der Waals surface area contributed by atoms with Crippen LogP contribution in [0.5, 0.6) is 23.0 Å². The summed E-state index contributed by atoms with van der Waals surface area (Å²) < 4.78 is 39.1. The van der Waals surface area contributed by atoms with Gasteiger partial charge in [-0.05, 0) is 31.2 Å². The first-order valence-electron chi connectivity index (χ1n) is 13.7. The number of rotatable bonds is 8. The van der Waals surface area contributed by atoms with Gasteiger partial charge in [-0.2, -0.15) is 0 Å². The fourth-order valence-electron chi connectivity index (χ4n) is 5.12. The zero-order chi connectivity index (χ0) is 31.9. The molecular weight excluding hydrogens is 588 g/mol. The van der Waals surface area contributed by atoms with Crippen molar-refractivity contribution >= 4 is 11.0 Å². The summed E-state index contributed by atoms with van der Waals surface area (Å²) >= 11 is 0. The van der Waals surface area contributed by atoms with Crippen molar-refractivity contribution in [2.75, 3.05) is 20.8 Å². The molecule has 10 atom stereocenters. The molecule has 0 unspecified atom stereocenters. The minimum atomic E-state index is -1.81. The number of aromatic hydroxyl groups is 1. The second-order valence-electron chi connectivity index (χ2n) is 10.4. The van der Waals surface area contributed by atoms with Gasteiger partial charge in [0.15, 0.2) is 29.3 Å². The van der Waals surface area contributed by atoms with Crippen LogP contribution in [0.25, 0.3) is 22.3 Å². The molecule has 240 valence electrons. The number of aliphatic hydroxyl groups excluding tert-OH is 6. The Morgan fingerprint density at radius 3 is 2.18 bits per heavy atom. The van der Waals surface area contributed by atoms with Gasteiger partial charge in [0, 0.05) is 17.7 Å². The molecule has 3 heterocycles. The minimum absolute atomic E-state index is 0.0497. The monoisotopic (exact) mass is 622 g/mol. The van der Waals surface area contributed by atoms with E-state index in [2.05, 4.69) is 0 Å². The zero-order valence-corrected chi connectivity index (χ0v) is 23.8. The third-order valence-electron chi connectivity index (χ3n) is 7.67. The average molecular weight is 623 g/mol. The zero-order valence-electron chi connectivity index (χ0n) is 23.8. The molecule has 15 heteroatoms. The number of aliphatic hydroxyl groups is 6. The van der Waals surface area contributed by atoms with E-state index in [1.165, 1.54) is 33.3 Å². The van der Waals surface area contributed by atoms with Crippen molar-refractivity contribution in [3.63, 3.8) is 0 Å². The van der Waals surface area contributed by atoms with Crippen LogP contribution >= 0.6 is 0 Å². The molecule has 15 nitrogen and oxygen atoms in total. The highest BCUT2D eigenvalue weighted by atomic mass is 16.8. The summed E-state index contributed by atoms with van der Waals surface area (Å²) in [6.45, 7) is 0.659. The molecule has 1 aromatic heterocycles. The maximum atomic E-state index is 13.2. The molecule has 2 fully saturated rings. The highest BCUT2D eigenvalue weighted by molar-refractivity contribution is 5.89. The second-order valence-corrected chi connectivity index (χ2v) is 10.4. The number of fused-ring (bicyclic) bond motifs is 1. The first-order chi connectivity index (χ1) is 21.0. The van der Waals surface area contributed by atoms with E-state index in [1.54, 1.807) is 24.3 Å². The van der Waals surface area contributed by atoms with Gasteiger partial charge in [0.2, 0.25) is 12.0 Å². The normalized spacial score (nSPS) is 32.4. The lowest BCUT2D eigenvalue weighted by atomic mass is 9.97. The highest BCUT2D eigenvalue weighted by Gasteiger charge is 2.51. The van der Waals surface area contributed by atoms with Gasteiger partial charge in [-0.15, -0.1) is 0 Å². The Labute approximate surface area is 249 Å². The Hall–Kier alpha value is -3.51. The SMILES string of the molecule is COc1ccc(-c2cc(=O)c3c(O)c(O[C@@H]4O[C@H](CO)[C@@H](O)[C@H](O)[C@@H]4O[C@@H]4O[C@@H](C)[C@H](O)[C@H](O)[C@H]4O)c(OC)cc3o2)cc1. The first-order valence-corrected chi connectivity index (χ1v) is 13.7. The molecule has 44 heavy (non-hydrogen) atoms. The summed E-state index contributed by atoms with van der Waals surface area (Å²) in [5, 5.41) is 72.8. The van der Waals surface area contributed by atoms with Gasteiger partial charge in [-0.3, -0.25) is 4.79 Å². The molecule has 0 amide bonds. The van der Waals surface area contributed by atoms with Crippen LogP contribution in [0.15, 0.2) is 45.6 Å². The first kappa shape index (κ1) is 31.9. The molecule has 7 N–H and O–H groups in total. The summed E-state index contributed by atoms with van der Waals surface area (Å²) in [7, 11) is 2.77. The summed E-state index contributed by atoms with van der Waals surface area (Å²) in [5.41, 5.74) is -0.129. The van der Waals surface area contributed by atoms with Crippen molar-refractivity contribution in [1.82, 2.24) is 0 Å². The van der Waals surface area contributed by atoms with E-state index < -0.39 is 84.9 Å². The van der Waals surface area contributed by atoms with Crippen LogP contribution in [0, 0.1) is 0 Å². The van der Waals surface area contributed by atoms with Crippen molar-refractivity contribution < 1.29 is 68.6 Å². The lowest BCUT2D eigenvalue weighted by Gasteiger charge is -2.45. The van der Waals surface area contributed by atoms with Crippen LogP contribution in [0.1, 0.15) is 6.92 Å². The molecule has 2 aliphatic heterocycles. The standard InChI is InChI=1S/C29H34O15/c1-11-20(32)23(35)25(37)28(40-11)44-27-24(36)21(33)18(10-30)42-29(27)43-26-17(39-3)9-16-19(22(26)34)14(31)8-15(41-16)12-4-6-13(38-2)7-5-12/h4-9,11,18,20-21,23-25,27-30,32-37H,10H2,1-3H3/t11-,18+,20-,21+,23-,24-,25+,27-,28-,29-/m0/s1. The third-order valence-corrected chi connectivity index (χ3v) is 7.67. The topological polar surface area (TPSA) is 227 Å². The Bertz CT molecular complexity index is 1510. The van der Waals surface area contributed by atoms with Gasteiger partial charge >= 0.3 is 0 Å². The highest BCUT2D eigenvalue weighted by Crippen LogP contribution is 2.44. The predicted molar refractivity (Wildman–Crippen MR) is 148 cm³/mol. The van der Waals surface area contributed by atoms with Crippen LogP contribution in [-0.2, 0) is 14.2 Å². The number of hydrogen-bond donors (Lipinski definition) is 7. The van der Waals surface area contributed by atoms with Crippen LogP contribution in [0.3, 0.4) is 0 Å². The van der Waals surface area contributed by atoms with Crippen molar-refractivity contribution in [3.05, 3.63) is 46.6 Å². The average Bonchev–Trinajstić information content (AvgIpc) is 3.02. The minimum Gasteiger partial charge on any atom is -0.504 e. The van der Waals surface area contributed by atoms with Crippen molar-refractivity contribution in [2.45, 2.75) is 68.3 Å². The molecule has 0 bridgehead atoms. The van der Waals surface area contributed by atoms with Crippen molar-refractivity contribution in [1.29, 1.82) is 0 Å². The van der Waals surface area contributed by atoms with E-state index in [0.29, 0.717) is 11.3 Å². The van der Waals surface area contributed by atoms with E-state index >= 15 is 0 Å². The fraction of sp³-hybridized carbons (Fsp3) is 0.483. The van der Waals surface area contributed by atoms with E-state index in [1.807, 2.05) is 0 Å². The van der Waals surface area contributed by atoms with E-state index in [-0.39, 0.29) is 22.5 Å². The smallest absolute Gasteiger partial charge is 0.230 e. The van der Waals surface area contributed by atoms with Crippen molar-refractivity contribution in [3.8, 4) is 34.3 Å². The molecule has 2 aromatic carbocycles. The van der Waals surface area contributed by atoms with Crippen LogP contribution in [0.4, 0.5) is 0 Å². The summed E-state index contributed by atoms with van der Waals surface area (Å²) in [5.74, 6) is -0.482. The van der Waals surface area contributed by atoms with Gasteiger partial charge in [0.25, 0.3) is 0 Å². The molecule has 2 aliphatic rings. The second kappa shape index (κ2) is 12.8. The lowest BCUT2D eigenvalue weighted by Crippen LogP contribution is -2.64. The molecule has 0 saturated carbocycles. The van der Waals surface area contributed by atoms with Crippen LogP contribution in [0.2, 0.25) is 0 Å². The Kier molecular flexibility index (Phi) is 9.31. The van der Waals surface area contributed by atoms with Crippen LogP contribution < -0.4 is 19.6 Å². The maximum Gasteiger partial charge on any atom is 0.230 e. The quantitative estimate of drug-likeness (QED) is 0.163. The Morgan fingerprint density at radius 2 is 1.55 bits per heavy atom. The van der Waals surface area contributed by atoms with E-state index in [0.717, 1.165) is 0 Å². The Morgan fingerprint density at radius 1 is 0.841 bits per heavy atom. The lowest BCUT2D eigenvalue weighted by molar-refractivity contribution is -0.354. The third kappa shape index (κ3) is 5.81. The van der Waals surface area contributed by atoms with Gasteiger partial charge in [0.05, 0.1) is 26.9 Å². The number of benzene rings is 2. The maximum absolute atomic E-state index is 13.2. The van der Waals surface area contributed by atoms with Gasteiger partial charge < -0.3 is 68.6 Å². The number of phenolic OH excluding ortho intramolecular Hbond substituents is 1. The molecule has 0 radical (unpaired) electrons. The molecule has 0 aliphatic carbocycles. The van der Waals surface area contributed by atoms with Gasteiger partial charge in [0.1, 0.15) is 59.1 Å². The Balaban J connectivity index is 1.51. The fourth-order valence-corrected chi connectivity index (χ4v) is 5.12. The van der Waals surface area contributed by atoms with E-state index in [4.69, 9.17) is 32.8 Å². The van der Waals surface area contributed by atoms with Gasteiger partial charge in [-0.1, -0.05) is 0 Å². The number of hydrogen-bond acceptors (Lipinski definition) is 15. The number of ether oxygens (including phenoxy) is 6. The van der Waals surface area contributed by atoms with Crippen molar-refractivity contribution in [2.24, 2.45) is 0 Å². The number of phenols is 1. The predicted octanol–water partition coefficient (Wildman–Crippen LogP) is -0.787. The summed E-state index contributed by atoms with van der Waals surface area (Å²) in [6, 6.07) is 9.20. The largest absolute Gasteiger partial charge is 0.504 e.